The van der Waals surface area contributed by atoms with Crippen LogP contribution in [0.3, 0.4) is 0 Å². The van der Waals surface area contributed by atoms with Crippen molar-refractivity contribution in [2.45, 2.75) is 13.5 Å². The van der Waals surface area contributed by atoms with Crippen LogP contribution in [0.2, 0.25) is 0 Å². The fraction of sp³-hybridized carbons (Fsp3) is 0.200. The van der Waals surface area contributed by atoms with Gasteiger partial charge < -0.3 is 5.32 Å². The highest BCUT2D eigenvalue weighted by Crippen LogP contribution is 2.21. The number of aryl methyl sites for hydroxylation is 1. The van der Waals surface area contributed by atoms with Crippen LogP contribution >= 0.6 is 38.6 Å². The maximum absolute atomic E-state index is 11.7. The molecule has 0 atom stereocenters. The molecule has 0 aromatic carbocycles. The number of carbonyl (C=O) groups excluding carboxylic acids is 1. The molecule has 0 fully saturated rings. The van der Waals surface area contributed by atoms with Crippen LogP contribution in [0.15, 0.2) is 21.3 Å². The van der Waals surface area contributed by atoms with Crippen LogP contribution in [0.5, 0.6) is 0 Å². The third-order valence-electron chi connectivity index (χ3n) is 1.90. The second-order valence-electron chi connectivity index (χ2n) is 3.14. The van der Waals surface area contributed by atoms with Crippen LogP contribution in [0.1, 0.15) is 20.4 Å². The number of nitrogens with zero attached hydrogens (tertiary/aromatic N) is 1. The molecular formula is C10H9BrN2OS2. The van der Waals surface area contributed by atoms with E-state index in [0.29, 0.717) is 12.2 Å². The van der Waals surface area contributed by atoms with Gasteiger partial charge in [-0.15, -0.1) is 22.7 Å². The van der Waals surface area contributed by atoms with Crippen molar-refractivity contribution in [2.24, 2.45) is 0 Å². The topological polar surface area (TPSA) is 42.0 Å². The van der Waals surface area contributed by atoms with Crippen LogP contribution < -0.4 is 5.32 Å². The number of aromatic nitrogens is 1. The Morgan fingerprint density at radius 3 is 2.94 bits per heavy atom. The van der Waals surface area contributed by atoms with Gasteiger partial charge in [0, 0.05) is 10.3 Å². The fourth-order valence-corrected chi connectivity index (χ4v) is 3.19. The van der Waals surface area contributed by atoms with Crippen molar-refractivity contribution in [2.75, 3.05) is 0 Å². The monoisotopic (exact) mass is 316 g/mol. The van der Waals surface area contributed by atoms with E-state index in [1.807, 2.05) is 19.1 Å². The Labute approximate surface area is 110 Å². The van der Waals surface area contributed by atoms with E-state index in [2.05, 4.69) is 26.2 Å². The molecule has 2 aromatic rings. The average Bonchev–Trinajstić information content (AvgIpc) is 2.84. The number of halogens is 1. The smallest absolute Gasteiger partial charge is 0.271 e. The van der Waals surface area contributed by atoms with E-state index >= 15 is 0 Å². The molecule has 0 aliphatic heterocycles. The Morgan fingerprint density at radius 2 is 2.38 bits per heavy atom. The summed E-state index contributed by atoms with van der Waals surface area (Å²) in [7, 11) is 0. The molecule has 1 amide bonds. The summed E-state index contributed by atoms with van der Waals surface area (Å²) in [5, 5.41) is 5.52. The first-order chi connectivity index (χ1) is 7.65. The van der Waals surface area contributed by atoms with Gasteiger partial charge in [-0.1, -0.05) is 0 Å². The Bertz CT molecular complexity index is 506. The highest BCUT2D eigenvalue weighted by atomic mass is 79.9. The number of thiophene rings is 1. The number of nitrogens with one attached hydrogen (secondary N) is 1. The van der Waals surface area contributed by atoms with Gasteiger partial charge >= 0.3 is 0 Å². The van der Waals surface area contributed by atoms with Gasteiger partial charge in [0.2, 0.25) is 0 Å². The van der Waals surface area contributed by atoms with E-state index < -0.39 is 0 Å². The number of thiazole rings is 1. The summed E-state index contributed by atoms with van der Waals surface area (Å²) < 4.78 is 1.07. The van der Waals surface area contributed by atoms with Gasteiger partial charge in [0.1, 0.15) is 5.69 Å². The van der Waals surface area contributed by atoms with Gasteiger partial charge in [-0.25, -0.2) is 4.98 Å². The molecule has 2 heterocycles. The van der Waals surface area contributed by atoms with Crippen LogP contribution in [0.4, 0.5) is 0 Å². The molecule has 2 aromatic heterocycles. The van der Waals surface area contributed by atoms with Crippen molar-refractivity contribution in [3.05, 3.63) is 36.9 Å². The molecule has 6 heteroatoms. The Balaban J connectivity index is 1.93. The number of carbonyl (C=O) groups is 1. The number of rotatable bonds is 3. The summed E-state index contributed by atoms with van der Waals surface area (Å²) >= 11 is 6.48. The molecule has 0 aliphatic rings. The highest BCUT2D eigenvalue weighted by Gasteiger charge is 2.09. The minimum absolute atomic E-state index is 0.117. The van der Waals surface area contributed by atoms with Crippen LogP contribution in [-0.2, 0) is 6.54 Å². The van der Waals surface area contributed by atoms with Crippen molar-refractivity contribution in [1.82, 2.24) is 10.3 Å². The van der Waals surface area contributed by atoms with Crippen LogP contribution in [0.25, 0.3) is 0 Å². The van der Waals surface area contributed by atoms with Crippen molar-refractivity contribution in [3.8, 4) is 0 Å². The molecule has 0 bridgehead atoms. The van der Waals surface area contributed by atoms with Crippen molar-refractivity contribution < 1.29 is 4.79 Å². The number of hydrogen-bond acceptors (Lipinski definition) is 4. The van der Waals surface area contributed by atoms with Crippen LogP contribution in [-0.4, -0.2) is 10.9 Å². The first-order valence-electron chi connectivity index (χ1n) is 4.59. The molecule has 1 N–H and O–H groups in total. The molecule has 0 radical (unpaired) electrons. The van der Waals surface area contributed by atoms with Crippen molar-refractivity contribution in [1.29, 1.82) is 0 Å². The van der Waals surface area contributed by atoms with Gasteiger partial charge in [-0.05, 0) is 35.0 Å². The van der Waals surface area contributed by atoms with E-state index in [0.717, 1.165) is 13.7 Å². The second kappa shape index (κ2) is 5.07. The minimum atomic E-state index is -0.117. The van der Waals surface area contributed by atoms with E-state index in [-0.39, 0.29) is 5.91 Å². The quantitative estimate of drug-likeness (QED) is 0.944. The van der Waals surface area contributed by atoms with Crippen molar-refractivity contribution >= 4 is 44.5 Å². The zero-order valence-electron chi connectivity index (χ0n) is 8.49. The molecule has 0 unspecified atom stereocenters. The first kappa shape index (κ1) is 11.8. The Morgan fingerprint density at radius 1 is 1.56 bits per heavy atom. The third kappa shape index (κ3) is 2.90. The first-order valence-corrected chi connectivity index (χ1v) is 7.08. The van der Waals surface area contributed by atoms with Crippen LogP contribution in [0, 0.1) is 6.92 Å². The fourth-order valence-electron chi connectivity index (χ4n) is 1.17. The lowest BCUT2D eigenvalue weighted by atomic mass is 10.4. The van der Waals surface area contributed by atoms with Gasteiger partial charge in [0.15, 0.2) is 0 Å². The summed E-state index contributed by atoms with van der Waals surface area (Å²) in [6.45, 7) is 2.43. The molecule has 0 spiro atoms. The molecule has 84 valence electrons. The Kier molecular flexibility index (Phi) is 3.73. The van der Waals surface area contributed by atoms with E-state index in [1.54, 1.807) is 16.7 Å². The standard InChI is InChI=1S/C10H9BrN2OS2/c1-6-13-8(5-15-6)10(14)12-4-7-2-3-9(11)16-7/h2-3,5H,4H2,1H3,(H,12,14). The van der Waals surface area contributed by atoms with Gasteiger partial charge in [0.25, 0.3) is 5.91 Å². The van der Waals surface area contributed by atoms with Gasteiger partial charge in [0.05, 0.1) is 15.3 Å². The molecule has 0 saturated heterocycles. The second-order valence-corrected chi connectivity index (χ2v) is 6.75. The summed E-state index contributed by atoms with van der Waals surface area (Å²) in [5.74, 6) is -0.117. The van der Waals surface area contributed by atoms with Gasteiger partial charge in [-0.2, -0.15) is 0 Å². The lowest BCUT2D eigenvalue weighted by molar-refractivity contribution is 0.0947. The molecule has 3 nitrogen and oxygen atoms in total. The summed E-state index contributed by atoms with van der Waals surface area (Å²) in [4.78, 5) is 16.9. The van der Waals surface area contributed by atoms with E-state index in [9.17, 15) is 4.79 Å². The molecule has 2 rings (SSSR count). The molecule has 0 aliphatic carbocycles. The average molecular weight is 317 g/mol. The third-order valence-corrected chi connectivity index (χ3v) is 4.30. The summed E-state index contributed by atoms with van der Waals surface area (Å²) in [6, 6.07) is 3.96. The zero-order valence-corrected chi connectivity index (χ0v) is 11.7. The number of hydrogen-bond donors (Lipinski definition) is 1. The predicted molar refractivity (Wildman–Crippen MR) is 70.0 cm³/mol. The Hall–Kier alpha value is -0.720. The maximum atomic E-state index is 11.7. The normalized spacial score (nSPS) is 10.4. The maximum Gasteiger partial charge on any atom is 0.271 e. The lowest BCUT2D eigenvalue weighted by Crippen LogP contribution is -2.22. The highest BCUT2D eigenvalue weighted by molar-refractivity contribution is 9.11. The van der Waals surface area contributed by atoms with Gasteiger partial charge in [-0.3, -0.25) is 4.79 Å². The van der Waals surface area contributed by atoms with E-state index in [1.165, 1.54) is 11.3 Å². The SMILES string of the molecule is Cc1nc(C(=O)NCc2ccc(Br)s2)cs1. The minimum Gasteiger partial charge on any atom is -0.346 e. The summed E-state index contributed by atoms with van der Waals surface area (Å²) in [6.07, 6.45) is 0. The molecule has 16 heavy (non-hydrogen) atoms. The molecular weight excluding hydrogens is 308 g/mol. The molecule has 0 saturated carbocycles. The largest absolute Gasteiger partial charge is 0.346 e. The summed E-state index contributed by atoms with van der Waals surface area (Å²) in [5.41, 5.74) is 0.498. The number of amides is 1. The van der Waals surface area contributed by atoms with Crippen molar-refractivity contribution in [3.63, 3.8) is 0 Å². The zero-order chi connectivity index (χ0) is 11.5. The predicted octanol–water partition coefficient (Wildman–Crippen LogP) is 3.21. The lowest BCUT2D eigenvalue weighted by Gasteiger charge is -1.99. The van der Waals surface area contributed by atoms with E-state index in [4.69, 9.17) is 0 Å².